The minimum atomic E-state index is -0.540. The summed E-state index contributed by atoms with van der Waals surface area (Å²) >= 11 is 0. The third kappa shape index (κ3) is 2.86. The smallest absolute Gasteiger partial charge is 0.253 e. The van der Waals surface area contributed by atoms with Gasteiger partial charge in [-0.15, -0.1) is 0 Å². The van der Waals surface area contributed by atoms with Gasteiger partial charge in [0.05, 0.1) is 5.57 Å². The lowest BCUT2D eigenvalue weighted by Gasteiger charge is -2.53. The standard InChI is InChI=1S/C22H26N2O2/c1-21(2)18-11-10-17(13-22(18,3)12-16(14-23)19(21)25)24(4)20(26)15-8-6-5-7-9-15/h5-9,12,17-18H,10-11,13H2,1-4H3/t17-,18-,22+/m1/s1. The number of nitriles is 1. The molecule has 0 heterocycles. The van der Waals surface area contributed by atoms with Crippen molar-refractivity contribution >= 4 is 11.7 Å². The Bertz CT molecular complexity index is 803. The number of allylic oxidation sites excluding steroid dienone is 2. The zero-order valence-electron chi connectivity index (χ0n) is 16.0. The summed E-state index contributed by atoms with van der Waals surface area (Å²) in [5.41, 5.74) is 0.166. The van der Waals surface area contributed by atoms with Crippen LogP contribution >= 0.6 is 0 Å². The summed E-state index contributed by atoms with van der Waals surface area (Å²) in [6, 6.07) is 11.5. The van der Waals surface area contributed by atoms with Crippen LogP contribution in [0.5, 0.6) is 0 Å². The van der Waals surface area contributed by atoms with E-state index in [4.69, 9.17) is 0 Å². The molecule has 1 saturated carbocycles. The Morgan fingerprint density at radius 1 is 1.19 bits per heavy atom. The first-order chi connectivity index (χ1) is 12.2. The molecule has 2 aliphatic carbocycles. The highest BCUT2D eigenvalue weighted by Crippen LogP contribution is 2.55. The predicted octanol–water partition coefficient (Wildman–Crippen LogP) is 3.99. The molecule has 1 aromatic rings. The number of ketones is 1. The van der Waals surface area contributed by atoms with Gasteiger partial charge in [0.1, 0.15) is 6.07 Å². The van der Waals surface area contributed by atoms with Crippen molar-refractivity contribution in [3.05, 3.63) is 47.5 Å². The van der Waals surface area contributed by atoms with Crippen LogP contribution in [0.4, 0.5) is 0 Å². The number of nitrogens with zero attached hydrogens (tertiary/aromatic N) is 2. The minimum Gasteiger partial charge on any atom is -0.339 e. The second-order valence-corrected chi connectivity index (χ2v) is 8.50. The summed E-state index contributed by atoms with van der Waals surface area (Å²) < 4.78 is 0. The highest BCUT2D eigenvalue weighted by atomic mass is 16.2. The van der Waals surface area contributed by atoms with Crippen LogP contribution in [0.15, 0.2) is 42.0 Å². The Morgan fingerprint density at radius 3 is 2.46 bits per heavy atom. The number of Topliss-reactive ketones (excluding diaryl/α,β-unsaturated/α-hetero) is 1. The molecule has 3 atom stereocenters. The lowest BCUT2D eigenvalue weighted by molar-refractivity contribution is -0.131. The van der Waals surface area contributed by atoms with Gasteiger partial charge in [0.15, 0.2) is 5.78 Å². The molecule has 0 unspecified atom stereocenters. The molecular formula is C22H26N2O2. The topological polar surface area (TPSA) is 61.2 Å². The van der Waals surface area contributed by atoms with Crippen LogP contribution in [0, 0.1) is 28.1 Å². The fourth-order valence-electron chi connectivity index (χ4n) is 5.05. The van der Waals surface area contributed by atoms with Crippen molar-refractivity contribution in [3.8, 4) is 6.07 Å². The molecule has 0 aromatic heterocycles. The molecule has 4 heteroatoms. The molecular weight excluding hydrogens is 324 g/mol. The Kier molecular flexibility index (Phi) is 4.52. The molecule has 2 aliphatic rings. The second kappa shape index (κ2) is 6.39. The third-order valence-electron chi connectivity index (χ3n) is 6.44. The molecule has 136 valence electrons. The van der Waals surface area contributed by atoms with Crippen molar-refractivity contribution in [3.63, 3.8) is 0 Å². The van der Waals surface area contributed by atoms with Crippen LogP contribution in [0.25, 0.3) is 0 Å². The van der Waals surface area contributed by atoms with Gasteiger partial charge in [0, 0.05) is 24.1 Å². The zero-order chi connectivity index (χ0) is 19.1. The molecule has 0 saturated heterocycles. The summed E-state index contributed by atoms with van der Waals surface area (Å²) in [5.74, 6) is 0.166. The Labute approximate surface area is 155 Å². The maximum absolute atomic E-state index is 12.8. The predicted molar refractivity (Wildman–Crippen MR) is 100 cm³/mol. The van der Waals surface area contributed by atoms with E-state index < -0.39 is 5.41 Å². The molecule has 26 heavy (non-hydrogen) atoms. The Balaban J connectivity index is 1.88. The van der Waals surface area contributed by atoms with Crippen molar-refractivity contribution in [1.29, 1.82) is 5.26 Å². The van der Waals surface area contributed by atoms with E-state index in [2.05, 4.69) is 13.0 Å². The van der Waals surface area contributed by atoms with E-state index in [9.17, 15) is 14.9 Å². The largest absolute Gasteiger partial charge is 0.339 e. The fraction of sp³-hybridized carbons (Fsp3) is 0.500. The lowest BCUT2D eigenvalue weighted by Crippen LogP contribution is -2.53. The number of benzene rings is 1. The molecule has 1 fully saturated rings. The van der Waals surface area contributed by atoms with Gasteiger partial charge in [0.25, 0.3) is 5.91 Å². The molecule has 4 nitrogen and oxygen atoms in total. The number of carbonyl (C=O) groups is 2. The SMILES string of the molecule is CN(C(=O)c1ccccc1)[C@@H]1CC[C@@H]2C(C)(C)C(=O)C(C#N)=C[C@@]2(C)C1. The highest BCUT2D eigenvalue weighted by Gasteiger charge is 2.54. The maximum Gasteiger partial charge on any atom is 0.253 e. The second-order valence-electron chi connectivity index (χ2n) is 8.50. The Morgan fingerprint density at radius 2 is 1.85 bits per heavy atom. The number of hydrogen-bond acceptors (Lipinski definition) is 3. The fourth-order valence-corrected chi connectivity index (χ4v) is 5.05. The molecule has 0 N–H and O–H groups in total. The summed E-state index contributed by atoms with van der Waals surface area (Å²) in [5, 5.41) is 9.41. The van der Waals surface area contributed by atoms with Crippen molar-refractivity contribution < 1.29 is 9.59 Å². The molecule has 3 rings (SSSR count). The summed E-state index contributed by atoms with van der Waals surface area (Å²) in [4.78, 5) is 27.3. The summed E-state index contributed by atoms with van der Waals surface area (Å²) in [6.45, 7) is 6.06. The van der Waals surface area contributed by atoms with E-state index in [1.165, 1.54) is 0 Å². The summed E-state index contributed by atoms with van der Waals surface area (Å²) in [7, 11) is 1.86. The van der Waals surface area contributed by atoms with Crippen LogP contribution in [0.3, 0.4) is 0 Å². The number of amides is 1. The average molecular weight is 350 g/mol. The van der Waals surface area contributed by atoms with Crippen molar-refractivity contribution in [2.75, 3.05) is 7.05 Å². The maximum atomic E-state index is 12.8. The number of rotatable bonds is 2. The monoisotopic (exact) mass is 350 g/mol. The Hall–Kier alpha value is -2.41. The van der Waals surface area contributed by atoms with Gasteiger partial charge in [-0.1, -0.05) is 45.0 Å². The van der Waals surface area contributed by atoms with Gasteiger partial charge in [-0.25, -0.2) is 0 Å². The van der Waals surface area contributed by atoms with E-state index in [0.717, 1.165) is 19.3 Å². The van der Waals surface area contributed by atoms with Gasteiger partial charge in [-0.3, -0.25) is 9.59 Å². The normalized spacial score (nSPS) is 30.0. The molecule has 0 spiro atoms. The van der Waals surface area contributed by atoms with Crippen molar-refractivity contribution in [2.24, 2.45) is 16.7 Å². The molecule has 0 aliphatic heterocycles. The average Bonchev–Trinajstić information content (AvgIpc) is 2.63. The molecule has 1 aromatic carbocycles. The van der Waals surface area contributed by atoms with Gasteiger partial charge >= 0.3 is 0 Å². The van der Waals surface area contributed by atoms with Crippen molar-refractivity contribution in [1.82, 2.24) is 4.90 Å². The van der Waals surface area contributed by atoms with Gasteiger partial charge < -0.3 is 4.90 Å². The van der Waals surface area contributed by atoms with E-state index in [-0.39, 0.29) is 34.6 Å². The van der Waals surface area contributed by atoms with Gasteiger partial charge in [-0.2, -0.15) is 5.26 Å². The minimum absolute atomic E-state index is 0.0216. The number of carbonyl (C=O) groups excluding carboxylic acids is 2. The lowest BCUT2D eigenvalue weighted by atomic mass is 9.52. The van der Waals surface area contributed by atoms with E-state index in [0.29, 0.717) is 5.56 Å². The summed E-state index contributed by atoms with van der Waals surface area (Å²) in [6.07, 6.45) is 4.40. The molecule has 1 amide bonds. The number of hydrogen-bond donors (Lipinski definition) is 0. The van der Waals surface area contributed by atoms with E-state index in [1.54, 1.807) is 0 Å². The first-order valence-electron chi connectivity index (χ1n) is 9.20. The highest BCUT2D eigenvalue weighted by molar-refractivity contribution is 6.04. The van der Waals surface area contributed by atoms with E-state index >= 15 is 0 Å². The van der Waals surface area contributed by atoms with Crippen LogP contribution in [0.2, 0.25) is 0 Å². The third-order valence-corrected chi connectivity index (χ3v) is 6.44. The van der Waals surface area contributed by atoms with Crippen LogP contribution in [0.1, 0.15) is 50.4 Å². The van der Waals surface area contributed by atoms with Gasteiger partial charge in [-0.05, 0) is 42.7 Å². The van der Waals surface area contributed by atoms with Crippen LogP contribution < -0.4 is 0 Å². The van der Waals surface area contributed by atoms with Crippen LogP contribution in [-0.4, -0.2) is 29.7 Å². The van der Waals surface area contributed by atoms with E-state index in [1.807, 2.05) is 62.2 Å². The number of fused-ring (bicyclic) bond motifs is 1. The molecule has 0 radical (unpaired) electrons. The first-order valence-corrected chi connectivity index (χ1v) is 9.20. The zero-order valence-corrected chi connectivity index (χ0v) is 16.0. The molecule has 0 bridgehead atoms. The quantitative estimate of drug-likeness (QED) is 0.810. The first kappa shape index (κ1) is 18.4. The van der Waals surface area contributed by atoms with Crippen LogP contribution in [-0.2, 0) is 4.79 Å². The van der Waals surface area contributed by atoms with Gasteiger partial charge in [0.2, 0.25) is 0 Å². The van der Waals surface area contributed by atoms with Crippen molar-refractivity contribution in [2.45, 2.75) is 46.1 Å².